The van der Waals surface area contributed by atoms with Crippen LogP contribution >= 0.6 is 0 Å². The number of anilines is 2. The third kappa shape index (κ3) is 5.07. The molecule has 3 rings (SSSR count). The number of benzene rings is 2. The van der Waals surface area contributed by atoms with E-state index in [4.69, 9.17) is 5.73 Å². The zero-order valence-corrected chi connectivity index (χ0v) is 14.7. The van der Waals surface area contributed by atoms with Crippen molar-refractivity contribution < 1.29 is 4.79 Å². The zero-order valence-electron chi connectivity index (χ0n) is 14.7. The maximum atomic E-state index is 12.3. The Bertz CT molecular complexity index is 679. The lowest BCUT2D eigenvalue weighted by molar-refractivity contribution is -0.116. The second kappa shape index (κ2) is 8.67. The molecular weight excluding hydrogens is 310 g/mol. The minimum absolute atomic E-state index is 0.0515. The molecule has 1 fully saturated rings. The van der Waals surface area contributed by atoms with E-state index in [0.717, 1.165) is 24.3 Å². The van der Waals surface area contributed by atoms with Crippen molar-refractivity contribution in [1.82, 2.24) is 0 Å². The highest BCUT2D eigenvalue weighted by atomic mass is 16.1. The van der Waals surface area contributed by atoms with Gasteiger partial charge in [-0.1, -0.05) is 49.2 Å². The van der Waals surface area contributed by atoms with Crippen LogP contribution in [0.5, 0.6) is 0 Å². The molecule has 2 aromatic rings. The standard InChI is InChI=1S/C21H27N3O/c22-20(17-9-4-3-5-10-17)16-21(25)23-18-11-8-12-19(15-18)24-13-6-1-2-7-14-24/h3-5,8-12,15,20H,1-2,6-7,13-14,16,22H2,(H,23,25). The summed E-state index contributed by atoms with van der Waals surface area (Å²) in [4.78, 5) is 14.7. The van der Waals surface area contributed by atoms with Crippen molar-refractivity contribution in [2.75, 3.05) is 23.3 Å². The van der Waals surface area contributed by atoms with Gasteiger partial charge in [0.25, 0.3) is 0 Å². The molecule has 0 radical (unpaired) electrons. The third-order valence-corrected chi connectivity index (χ3v) is 4.73. The van der Waals surface area contributed by atoms with Crippen LogP contribution in [0.4, 0.5) is 11.4 Å². The fourth-order valence-corrected chi connectivity index (χ4v) is 3.34. The smallest absolute Gasteiger partial charge is 0.226 e. The summed E-state index contributed by atoms with van der Waals surface area (Å²) in [6, 6.07) is 17.6. The van der Waals surface area contributed by atoms with Gasteiger partial charge in [-0.05, 0) is 36.6 Å². The lowest BCUT2D eigenvalue weighted by atomic mass is 10.0. The normalized spacial score (nSPS) is 16.1. The molecule has 1 aliphatic rings. The number of carbonyl (C=O) groups excluding carboxylic acids is 1. The van der Waals surface area contributed by atoms with Gasteiger partial charge >= 0.3 is 0 Å². The Morgan fingerprint density at radius 3 is 2.44 bits per heavy atom. The van der Waals surface area contributed by atoms with Crippen molar-refractivity contribution in [2.24, 2.45) is 5.73 Å². The largest absolute Gasteiger partial charge is 0.371 e. The van der Waals surface area contributed by atoms with Gasteiger partial charge in [0.05, 0.1) is 0 Å². The molecule has 1 heterocycles. The van der Waals surface area contributed by atoms with Crippen molar-refractivity contribution in [1.29, 1.82) is 0 Å². The maximum absolute atomic E-state index is 12.3. The van der Waals surface area contributed by atoms with Gasteiger partial charge in [-0.25, -0.2) is 0 Å². The van der Waals surface area contributed by atoms with Crippen LogP contribution in [0.3, 0.4) is 0 Å². The highest BCUT2D eigenvalue weighted by molar-refractivity contribution is 5.91. The Hall–Kier alpha value is -2.33. The van der Waals surface area contributed by atoms with E-state index < -0.39 is 0 Å². The summed E-state index contributed by atoms with van der Waals surface area (Å²) in [5.41, 5.74) is 9.15. The van der Waals surface area contributed by atoms with Crippen molar-refractivity contribution in [3.63, 3.8) is 0 Å². The number of rotatable bonds is 5. The average Bonchev–Trinajstić information content (AvgIpc) is 2.92. The van der Waals surface area contributed by atoms with E-state index in [2.05, 4.69) is 22.3 Å². The van der Waals surface area contributed by atoms with E-state index in [9.17, 15) is 4.79 Å². The van der Waals surface area contributed by atoms with E-state index in [1.165, 1.54) is 31.4 Å². The number of nitrogens with zero attached hydrogens (tertiary/aromatic N) is 1. The Morgan fingerprint density at radius 2 is 1.72 bits per heavy atom. The number of hydrogen-bond donors (Lipinski definition) is 2. The Morgan fingerprint density at radius 1 is 1.00 bits per heavy atom. The van der Waals surface area contributed by atoms with Crippen LogP contribution in [-0.2, 0) is 4.79 Å². The van der Waals surface area contributed by atoms with Crippen LogP contribution in [0, 0.1) is 0 Å². The van der Waals surface area contributed by atoms with Crippen LogP contribution in [0.25, 0.3) is 0 Å². The molecule has 4 heteroatoms. The molecule has 1 unspecified atom stereocenters. The first kappa shape index (κ1) is 17.5. The lowest BCUT2D eigenvalue weighted by Gasteiger charge is -2.23. The summed E-state index contributed by atoms with van der Waals surface area (Å²) in [5.74, 6) is -0.0515. The second-order valence-corrected chi connectivity index (χ2v) is 6.72. The summed E-state index contributed by atoms with van der Waals surface area (Å²) >= 11 is 0. The molecule has 2 aromatic carbocycles. The molecule has 0 aromatic heterocycles. The molecule has 4 nitrogen and oxygen atoms in total. The minimum Gasteiger partial charge on any atom is -0.371 e. The Balaban J connectivity index is 1.60. The van der Waals surface area contributed by atoms with Gasteiger partial charge in [0.2, 0.25) is 5.91 Å². The fraction of sp³-hybridized carbons (Fsp3) is 0.381. The average molecular weight is 337 g/mol. The first-order chi connectivity index (χ1) is 12.2. The first-order valence-corrected chi connectivity index (χ1v) is 9.18. The molecule has 1 aliphatic heterocycles. The molecule has 132 valence electrons. The van der Waals surface area contributed by atoms with Crippen molar-refractivity contribution >= 4 is 17.3 Å². The molecule has 0 saturated carbocycles. The molecule has 1 saturated heterocycles. The van der Waals surface area contributed by atoms with Gasteiger partial charge in [-0.2, -0.15) is 0 Å². The van der Waals surface area contributed by atoms with Crippen LogP contribution in [0.15, 0.2) is 54.6 Å². The molecule has 1 atom stereocenters. The first-order valence-electron chi connectivity index (χ1n) is 9.18. The monoisotopic (exact) mass is 337 g/mol. The lowest BCUT2D eigenvalue weighted by Crippen LogP contribution is -2.24. The zero-order chi connectivity index (χ0) is 17.5. The fourth-order valence-electron chi connectivity index (χ4n) is 3.34. The maximum Gasteiger partial charge on any atom is 0.226 e. The number of hydrogen-bond acceptors (Lipinski definition) is 3. The van der Waals surface area contributed by atoms with E-state index in [-0.39, 0.29) is 18.4 Å². The SMILES string of the molecule is NC(CC(=O)Nc1cccc(N2CCCCCC2)c1)c1ccccc1. The predicted octanol–water partition coefficient (Wildman–Crippen LogP) is 4.10. The molecule has 25 heavy (non-hydrogen) atoms. The summed E-state index contributed by atoms with van der Waals surface area (Å²) in [6.45, 7) is 2.19. The molecule has 0 spiro atoms. The van der Waals surface area contributed by atoms with Crippen LogP contribution < -0.4 is 16.0 Å². The van der Waals surface area contributed by atoms with E-state index in [1.54, 1.807) is 0 Å². The van der Waals surface area contributed by atoms with E-state index in [1.807, 2.05) is 42.5 Å². The van der Waals surface area contributed by atoms with E-state index >= 15 is 0 Å². The van der Waals surface area contributed by atoms with Gasteiger partial charge in [-0.3, -0.25) is 4.79 Å². The highest BCUT2D eigenvalue weighted by Gasteiger charge is 2.13. The highest BCUT2D eigenvalue weighted by Crippen LogP contribution is 2.23. The van der Waals surface area contributed by atoms with Gasteiger partial charge in [0, 0.05) is 36.9 Å². The van der Waals surface area contributed by atoms with Gasteiger partial charge in [0.15, 0.2) is 0 Å². The molecule has 0 bridgehead atoms. The van der Waals surface area contributed by atoms with Gasteiger partial charge < -0.3 is 16.0 Å². The minimum atomic E-state index is -0.282. The topological polar surface area (TPSA) is 58.4 Å². The van der Waals surface area contributed by atoms with Gasteiger partial charge in [-0.15, -0.1) is 0 Å². The van der Waals surface area contributed by atoms with Crippen molar-refractivity contribution in [2.45, 2.75) is 38.1 Å². The van der Waals surface area contributed by atoms with Crippen LogP contribution in [-0.4, -0.2) is 19.0 Å². The van der Waals surface area contributed by atoms with Crippen LogP contribution in [0.2, 0.25) is 0 Å². The van der Waals surface area contributed by atoms with Crippen LogP contribution in [0.1, 0.15) is 43.7 Å². The quantitative estimate of drug-likeness (QED) is 0.864. The number of nitrogens with one attached hydrogen (secondary N) is 1. The summed E-state index contributed by atoms with van der Waals surface area (Å²) in [5, 5.41) is 2.99. The van der Waals surface area contributed by atoms with E-state index in [0.29, 0.717) is 0 Å². The Kier molecular flexibility index (Phi) is 6.07. The summed E-state index contributed by atoms with van der Waals surface area (Å²) in [6.07, 6.45) is 5.37. The molecular formula is C21H27N3O. The third-order valence-electron chi connectivity index (χ3n) is 4.73. The van der Waals surface area contributed by atoms with Crippen molar-refractivity contribution in [3.8, 4) is 0 Å². The summed E-state index contributed by atoms with van der Waals surface area (Å²) in [7, 11) is 0. The number of amides is 1. The Labute approximate surface area is 150 Å². The van der Waals surface area contributed by atoms with Gasteiger partial charge in [0.1, 0.15) is 0 Å². The molecule has 3 N–H and O–H groups in total. The number of carbonyl (C=O) groups is 1. The van der Waals surface area contributed by atoms with Crippen molar-refractivity contribution in [3.05, 3.63) is 60.2 Å². The molecule has 1 amide bonds. The molecule has 0 aliphatic carbocycles. The predicted molar refractivity (Wildman–Crippen MR) is 104 cm³/mol. The number of nitrogens with two attached hydrogens (primary N) is 1. The second-order valence-electron chi connectivity index (χ2n) is 6.72. The summed E-state index contributed by atoms with van der Waals surface area (Å²) < 4.78 is 0.